The Kier molecular flexibility index (Phi) is 14.0. The predicted molar refractivity (Wildman–Crippen MR) is 158 cm³/mol. The molecule has 1 amide bonds. The number of nitrogens with zero attached hydrogens (tertiary/aromatic N) is 4. The Hall–Kier alpha value is -2.96. The number of amides is 1. The first-order valence-corrected chi connectivity index (χ1v) is 13.6. The van der Waals surface area contributed by atoms with Crippen LogP contribution in [0.15, 0.2) is 39.5 Å². The molecule has 39 heavy (non-hydrogen) atoms. The number of thiophene rings is 1. The third kappa shape index (κ3) is 9.33. The number of halogens is 1. The fraction of sp³-hybridized carbons (Fsp3) is 0.444. The first-order chi connectivity index (χ1) is 18.8. The van der Waals surface area contributed by atoms with Gasteiger partial charge in [-0.1, -0.05) is 23.7 Å². The number of carbonyl (C=O) groups excluding carboxylic acids is 2. The van der Waals surface area contributed by atoms with E-state index in [1.165, 1.54) is 4.88 Å². The lowest BCUT2D eigenvalue weighted by Gasteiger charge is -2.24. The monoisotopic (exact) mass is 577 g/mol. The van der Waals surface area contributed by atoms with Gasteiger partial charge < -0.3 is 29.6 Å². The van der Waals surface area contributed by atoms with Gasteiger partial charge >= 0.3 is 0 Å². The summed E-state index contributed by atoms with van der Waals surface area (Å²) in [5.74, 6) is 0.556. The molecule has 1 aromatic carbocycles. The number of benzene rings is 1. The highest BCUT2D eigenvalue weighted by molar-refractivity contribution is 7.17. The molecule has 0 radical (unpaired) electrons. The van der Waals surface area contributed by atoms with Gasteiger partial charge in [-0.15, -0.1) is 16.4 Å². The Balaban J connectivity index is 0.00000260. The first-order valence-electron chi connectivity index (χ1n) is 12.4. The van der Waals surface area contributed by atoms with Crippen LogP contribution in [-0.2, 0) is 19.1 Å². The molecule has 1 aromatic heterocycles. The Morgan fingerprint density at radius 1 is 1.26 bits per heavy atom. The third-order valence-electron chi connectivity index (χ3n) is 5.82. The highest BCUT2D eigenvalue weighted by Crippen LogP contribution is 2.39. The number of fused-ring (bicyclic) bond motifs is 1. The Morgan fingerprint density at radius 2 is 1.95 bits per heavy atom. The second-order valence-corrected chi connectivity index (χ2v) is 10.0. The highest BCUT2D eigenvalue weighted by atomic mass is 35.5. The summed E-state index contributed by atoms with van der Waals surface area (Å²) in [5.41, 5.74) is 3.92. The van der Waals surface area contributed by atoms with E-state index in [1.54, 1.807) is 11.3 Å². The average molecular weight is 578 g/mol. The van der Waals surface area contributed by atoms with Crippen molar-refractivity contribution in [2.24, 2.45) is 15.2 Å². The summed E-state index contributed by atoms with van der Waals surface area (Å²) >= 11 is 7.83. The van der Waals surface area contributed by atoms with Crippen molar-refractivity contribution in [1.82, 2.24) is 5.32 Å². The molecule has 12 heteroatoms. The minimum atomic E-state index is -0.336. The number of hydrogen-bond acceptors (Lipinski definition) is 9. The molecule has 3 rings (SSSR count). The zero-order chi connectivity index (χ0) is 28.8. The van der Waals surface area contributed by atoms with Crippen LogP contribution in [0.2, 0.25) is 5.02 Å². The topological polar surface area (TPSA) is 125 Å². The number of aryl methyl sites for hydroxylation is 1. The summed E-state index contributed by atoms with van der Waals surface area (Å²) in [4.78, 5) is 31.4. The van der Waals surface area contributed by atoms with Gasteiger partial charge in [-0.2, -0.15) is 5.10 Å². The second-order valence-electron chi connectivity index (χ2n) is 8.41. The van der Waals surface area contributed by atoms with Crippen molar-refractivity contribution in [1.29, 1.82) is 0 Å². The van der Waals surface area contributed by atoms with E-state index < -0.39 is 0 Å². The minimum Gasteiger partial charge on any atom is -0.400 e. The average Bonchev–Trinajstić information content (AvgIpc) is 3.12. The zero-order valence-electron chi connectivity index (χ0n) is 22.8. The molecular formula is C27H36ClN5O5S. The first kappa shape index (κ1) is 32.3. The molecule has 1 unspecified atom stereocenters. The lowest BCUT2D eigenvalue weighted by atomic mass is 9.99. The highest BCUT2D eigenvalue weighted by Gasteiger charge is 2.31. The number of aliphatic hydroxyl groups is 1. The number of aldehydes is 1. The number of anilines is 1. The van der Waals surface area contributed by atoms with Crippen molar-refractivity contribution in [2.75, 3.05) is 51.5 Å². The molecule has 10 nitrogen and oxygen atoms in total. The normalized spacial score (nSPS) is 14.9. The molecule has 0 saturated carbocycles. The van der Waals surface area contributed by atoms with Crippen LogP contribution in [0.3, 0.4) is 0 Å². The molecule has 212 valence electrons. The molecule has 2 N–H and O–H groups in total. The molecule has 1 atom stereocenters. The smallest absolute Gasteiger partial charge is 0.222 e. The van der Waals surface area contributed by atoms with Crippen LogP contribution in [0.25, 0.3) is 0 Å². The van der Waals surface area contributed by atoms with Crippen LogP contribution in [0.1, 0.15) is 34.9 Å². The number of rotatable bonds is 12. The van der Waals surface area contributed by atoms with E-state index in [0.29, 0.717) is 50.1 Å². The summed E-state index contributed by atoms with van der Waals surface area (Å²) in [6.45, 7) is 11.5. The van der Waals surface area contributed by atoms with E-state index in [0.717, 1.165) is 34.5 Å². The van der Waals surface area contributed by atoms with Crippen LogP contribution in [0, 0.1) is 13.8 Å². The predicted octanol–water partition coefficient (Wildman–Crippen LogP) is 3.43. The van der Waals surface area contributed by atoms with E-state index in [1.807, 2.05) is 31.2 Å². The molecule has 2 heterocycles. The van der Waals surface area contributed by atoms with Crippen LogP contribution >= 0.6 is 22.9 Å². The van der Waals surface area contributed by atoms with Gasteiger partial charge in [0.2, 0.25) is 5.91 Å². The number of amidine groups is 1. The lowest BCUT2D eigenvalue weighted by molar-refractivity contribution is -0.121. The minimum absolute atomic E-state index is 0.0513. The van der Waals surface area contributed by atoms with Crippen molar-refractivity contribution >= 4 is 58.4 Å². The number of hydrogen-bond donors (Lipinski definition) is 2. The fourth-order valence-electron chi connectivity index (χ4n) is 3.93. The molecule has 1 aliphatic heterocycles. The standard InChI is InChI=1S/C26H32ClN5O4S.CH4O/c1-17-18(2)37-26-24(17)25(20-5-7-21(27)8-6-20)30-22(16-32(26)19(3)31-28-4)15-23(34)29-9-11-35-13-14-36-12-10-33;1-2/h5-8,10,22H,4,9,11-16H2,1-3H3,(H,29,34);2H,1H3/b31-19-;. The Bertz CT molecular complexity index is 1170. The maximum absolute atomic E-state index is 12.8. The maximum Gasteiger partial charge on any atom is 0.222 e. The molecule has 1 aliphatic rings. The number of aliphatic hydroxyl groups excluding tert-OH is 1. The van der Waals surface area contributed by atoms with E-state index in [2.05, 4.69) is 41.0 Å². The molecule has 0 spiro atoms. The number of aliphatic imine (C=N–C) groups is 1. The third-order valence-corrected chi connectivity index (χ3v) is 7.31. The van der Waals surface area contributed by atoms with Crippen LogP contribution < -0.4 is 10.2 Å². The quantitative estimate of drug-likeness (QED) is 0.131. The lowest BCUT2D eigenvalue weighted by Crippen LogP contribution is -2.38. The molecule has 0 bridgehead atoms. The fourth-order valence-corrected chi connectivity index (χ4v) is 5.27. The SMILES string of the molecule is C=N/N=C(/C)N1CC(CC(=O)NCCOCCOCC=O)N=C(c2ccc(Cl)cc2)c2c1sc(C)c2C.CO. The largest absolute Gasteiger partial charge is 0.400 e. The second kappa shape index (κ2) is 16.9. The molecular weight excluding hydrogens is 542 g/mol. The van der Waals surface area contributed by atoms with E-state index in [9.17, 15) is 9.59 Å². The van der Waals surface area contributed by atoms with Gasteiger partial charge in [0.1, 0.15) is 23.7 Å². The van der Waals surface area contributed by atoms with Gasteiger partial charge in [-0.3, -0.25) is 9.79 Å². The Morgan fingerprint density at radius 3 is 2.62 bits per heavy atom. The number of carbonyl (C=O) groups is 2. The number of nitrogens with one attached hydrogen (secondary N) is 1. The molecule has 0 fully saturated rings. The summed E-state index contributed by atoms with van der Waals surface area (Å²) in [6.07, 6.45) is 0.885. The Labute approximate surface area is 238 Å². The zero-order valence-corrected chi connectivity index (χ0v) is 24.3. The van der Waals surface area contributed by atoms with Gasteiger partial charge in [0.05, 0.1) is 38.0 Å². The van der Waals surface area contributed by atoms with E-state index >= 15 is 0 Å². The maximum atomic E-state index is 12.8. The van der Waals surface area contributed by atoms with Crippen LogP contribution in [0.5, 0.6) is 0 Å². The summed E-state index contributed by atoms with van der Waals surface area (Å²) < 4.78 is 10.5. The van der Waals surface area contributed by atoms with Crippen molar-refractivity contribution < 1.29 is 24.2 Å². The molecule has 0 aliphatic carbocycles. The van der Waals surface area contributed by atoms with E-state index in [4.69, 9.17) is 31.2 Å². The number of ether oxygens (including phenoxy) is 2. The molecule has 0 saturated heterocycles. The van der Waals surface area contributed by atoms with Crippen molar-refractivity contribution in [3.8, 4) is 0 Å². The van der Waals surface area contributed by atoms with Crippen LogP contribution in [-0.4, -0.2) is 88.2 Å². The van der Waals surface area contributed by atoms with E-state index in [-0.39, 0.29) is 25.0 Å². The van der Waals surface area contributed by atoms with Crippen molar-refractivity contribution in [2.45, 2.75) is 33.2 Å². The summed E-state index contributed by atoms with van der Waals surface area (Å²) in [7, 11) is 1.00. The van der Waals surface area contributed by atoms with Gasteiger partial charge in [0.25, 0.3) is 0 Å². The van der Waals surface area contributed by atoms with Gasteiger partial charge in [-0.25, -0.2) is 0 Å². The van der Waals surface area contributed by atoms with Gasteiger partial charge in [0, 0.05) is 47.9 Å². The summed E-state index contributed by atoms with van der Waals surface area (Å²) in [5, 5.41) is 19.5. The van der Waals surface area contributed by atoms with Crippen molar-refractivity contribution in [3.63, 3.8) is 0 Å². The van der Waals surface area contributed by atoms with Gasteiger partial charge in [-0.05, 0) is 38.5 Å². The summed E-state index contributed by atoms with van der Waals surface area (Å²) in [6, 6.07) is 7.25. The van der Waals surface area contributed by atoms with Gasteiger partial charge in [0.15, 0.2) is 0 Å². The van der Waals surface area contributed by atoms with Crippen LogP contribution in [0.4, 0.5) is 5.00 Å². The molecule has 2 aromatic rings. The van der Waals surface area contributed by atoms with Crippen molar-refractivity contribution in [3.05, 3.63) is 50.9 Å².